The molecule has 1 fully saturated rings. The van der Waals surface area contributed by atoms with Crippen LogP contribution in [0.4, 0.5) is 9.93 Å². The number of carboxylic acids is 1. The van der Waals surface area contributed by atoms with E-state index in [1.807, 2.05) is 0 Å². The Morgan fingerprint density at radius 2 is 1.86 bits per heavy atom. The minimum absolute atomic E-state index is 0.0152. The highest BCUT2D eigenvalue weighted by molar-refractivity contribution is 7.90. The predicted molar refractivity (Wildman–Crippen MR) is 175 cm³/mol. The summed E-state index contributed by atoms with van der Waals surface area (Å²) >= 11 is 0.913. The zero-order valence-electron chi connectivity index (χ0n) is 27.0. The Kier molecular flexibility index (Phi) is 10.5. The summed E-state index contributed by atoms with van der Waals surface area (Å²) in [5.41, 5.74) is 1.41. The molecule has 2 aliphatic rings. The van der Waals surface area contributed by atoms with Gasteiger partial charge in [0.1, 0.15) is 21.6 Å². The number of likely N-dealkylation sites (tertiary alicyclic amines) is 1. The van der Waals surface area contributed by atoms with Crippen molar-refractivity contribution in [2.24, 2.45) is 10.1 Å². The normalized spacial score (nSPS) is 18.4. The van der Waals surface area contributed by atoms with Gasteiger partial charge in [0.15, 0.2) is 22.4 Å². The summed E-state index contributed by atoms with van der Waals surface area (Å²) < 4.78 is 51.8. The number of carboxylic acid groups (broad SMARTS) is 1. The van der Waals surface area contributed by atoms with Crippen LogP contribution in [-0.2, 0) is 50.6 Å². The number of oxime groups is 1. The van der Waals surface area contributed by atoms with E-state index in [4.69, 9.17) is 10.6 Å². The van der Waals surface area contributed by atoms with E-state index in [-0.39, 0.29) is 27.0 Å². The molecule has 23 nitrogen and oxygen atoms in total. The van der Waals surface area contributed by atoms with Gasteiger partial charge in [0.05, 0.1) is 30.1 Å². The summed E-state index contributed by atoms with van der Waals surface area (Å²) in [4.78, 5) is 89.1. The Labute approximate surface area is 291 Å². The number of nitrogens with zero attached hydrogens (tertiary/aromatic N) is 7. The number of nitrogens with two attached hydrogens (primary N) is 1. The van der Waals surface area contributed by atoms with Crippen LogP contribution in [0.1, 0.15) is 45.1 Å². The highest BCUT2D eigenvalue weighted by atomic mass is 32.2. The molecule has 0 bridgehead atoms. The number of aliphatic imine (C=N–C) groups is 1. The molecule has 0 aliphatic carbocycles. The topological polar surface area (TPSA) is 334 Å². The molecular weight excluding hydrogens is 745 g/mol. The lowest BCUT2D eigenvalue weighted by atomic mass is 9.97. The number of imide groups is 1. The highest BCUT2D eigenvalue weighted by Gasteiger charge is 2.50. The van der Waals surface area contributed by atoms with Crippen LogP contribution in [0.15, 0.2) is 32.3 Å². The summed E-state index contributed by atoms with van der Waals surface area (Å²) in [6.45, 7) is 3.16. The Balaban J connectivity index is 1.54. The van der Waals surface area contributed by atoms with Crippen LogP contribution in [0.5, 0.6) is 0 Å². The number of urea groups is 1. The maximum absolute atomic E-state index is 13.2. The molecule has 6 N–H and O–H groups in total. The molecule has 0 saturated carbocycles. The molecule has 1 saturated heterocycles. The molecule has 4 amide bonds. The van der Waals surface area contributed by atoms with Gasteiger partial charge in [0.2, 0.25) is 11.4 Å². The number of rotatable bonds is 13. The van der Waals surface area contributed by atoms with Crippen LogP contribution in [-0.4, -0.2) is 121 Å². The number of aromatic nitrogens is 4. The van der Waals surface area contributed by atoms with Gasteiger partial charge in [-0.3, -0.25) is 28.8 Å². The predicted octanol–water partition coefficient (Wildman–Crippen LogP) is -2.52. The number of ketones is 1. The molecule has 2 aromatic rings. The second kappa shape index (κ2) is 14.0. The van der Waals surface area contributed by atoms with Crippen LogP contribution in [0.2, 0.25) is 0 Å². The largest absolute Gasteiger partial charge is 0.503 e. The fraction of sp³-hybridized carbons (Fsp3) is 0.440. The number of β-lactam (4-membered cyclic amide) rings is 1. The quantitative estimate of drug-likeness (QED) is 0.0796. The molecule has 276 valence electrons. The number of Topliss-reactive ketones (excluding diaryl/α,β-unsaturated/α-hetero) is 1. The average Bonchev–Trinajstić information content (AvgIpc) is 3.59. The minimum atomic E-state index is -5.23. The summed E-state index contributed by atoms with van der Waals surface area (Å²) in [5, 5.41) is 29.8. The first kappa shape index (κ1) is 38.3. The summed E-state index contributed by atoms with van der Waals surface area (Å²) in [7, 11) is -8.73. The van der Waals surface area contributed by atoms with Crippen molar-refractivity contribution in [1.82, 2.24) is 33.7 Å². The number of thiazole rings is 1. The molecule has 0 spiro atoms. The molecule has 4 heterocycles. The van der Waals surface area contributed by atoms with Gasteiger partial charge in [0, 0.05) is 18.2 Å². The van der Waals surface area contributed by atoms with Crippen molar-refractivity contribution in [3.05, 3.63) is 39.3 Å². The number of nitrogen functional groups attached to an aromatic ring is 1. The van der Waals surface area contributed by atoms with Crippen LogP contribution in [0, 0.1) is 0 Å². The van der Waals surface area contributed by atoms with Crippen molar-refractivity contribution >= 4 is 77.5 Å². The number of hydrogen-bond donors (Lipinski definition) is 5. The number of sulfone groups is 1. The second-order valence-electron chi connectivity index (χ2n) is 11.5. The third-order valence-electron chi connectivity index (χ3n) is 7.15. The Hall–Kier alpha value is -5.50. The van der Waals surface area contributed by atoms with E-state index in [1.165, 1.54) is 17.0 Å². The first-order valence-electron chi connectivity index (χ1n) is 14.3. The van der Waals surface area contributed by atoms with Gasteiger partial charge in [-0.1, -0.05) is 9.24 Å². The van der Waals surface area contributed by atoms with E-state index in [2.05, 4.69) is 25.5 Å². The highest BCUT2D eigenvalue weighted by Crippen LogP contribution is 2.22. The van der Waals surface area contributed by atoms with Gasteiger partial charge in [-0.2, -0.15) is 8.42 Å². The number of hydrogen-bond acceptors (Lipinski definition) is 18. The van der Waals surface area contributed by atoms with Gasteiger partial charge in [0.25, 0.3) is 11.8 Å². The second-order valence-corrected chi connectivity index (χ2v) is 16.2. The molecule has 0 unspecified atom stereocenters. The van der Waals surface area contributed by atoms with Crippen LogP contribution >= 0.6 is 11.3 Å². The number of amides is 4. The van der Waals surface area contributed by atoms with E-state index in [0.29, 0.717) is 4.90 Å². The third-order valence-corrected chi connectivity index (χ3v) is 9.98. The Bertz CT molecular complexity index is 2200. The van der Waals surface area contributed by atoms with Crippen LogP contribution in [0.3, 0.4) is 0 Å². The van der Waals surface area contributed by atoms with Gasteiger partial charge in [-0.05, 0) is 27.2 Å². The maximum atomic E-state index is 13.2. The van der Waals surface area contributed by atoms with Gasteiger partial charge in [-0.15, -0.1) is 16.4 Å². The molecule has 4 rings (SSSR count). The summed E-state index contributed by atoms with van der Waals surface area (Å²) in [6.07, 6.45) is 0.895. The number of aliphatic hydroxyl groups excluding tert-OH is 1. The number of carbonyl (C=O) groups excluding carboxylic acids is 4. The molecule has 0 radical (unpaired) electrons. The zero-order chi connectivity index (χ0) is 38.2. The fourth-order valence-electron chi connectivity index (χ4n) is 4.37. The first-order chi connectivity index (χ1) is 23.5. The van der Waals surface area contributed by atoms with E-state index >= 15 is 0 Å². The third kappa shape index (κ3) is 8.28. The van der Waals surface area contributed by atoms with E-state index in [9.17, 15) is 55.8 Å². The number of anilines is 1. The molecular formula is C25H30N10O13S3. The molecule has 2 atom stereocenters. The molecule has 2 aromatic heterocycles. The van der Waals surface area contributed by atoms with Crippen molar-refractivity contribution in [2.75, 3.05) is 17.7 Å². The van der Waals surface area contributed by atoms with Crippen molar-refractivity contribution in [3.63, 3.8) is 0 Å². The standard InChI is InChI=1S/C25H30N10O13S3/c1-11-16(29-19(38)17(13-10-49-22(26)28-13)31-48-25(2,3)21(40)41)20(39)34(11)23(42)32-51(46,47)35-24(43)33(6-5-7-50(4,44)45)18(30-35)12-8-14(36)15(37)9-27-12/h9-11,16,37H,5-8H2,1-4H3,(H2,26,28)(H,29,38)(H,32,42)(H,40,41)/t11-,16-/m0/s1. The lowest BCUT2D eigenvalue weighted by Crippen LogP contribution is -2.73. The van der Waals surface area contributed by atoms with E-state index in [0.717, 1.165) is 42.2 Å². The van der Waals surface area contributed by atoms with Crippen LogP contribution < -0.4 is 21.5 Å². The lowest BCUT2D eigenvalue weighted by Gasteiger charge is -2.43. The lowest BCUT2D eigenvalue weighted by molar-refractivity contribution is -0.161. The number of nitrogens with one attached hydrogen (secondary N) is 2. The Morgan fingerprint density at radius 1 is 1.20 bits per heavy atom. The average molecular weight is 775 g/mol. The molecule has 51 heavy (non-hydrogen) atoms. The monoisotopic (exact) mass is 774 g/mol. The number of aliphatic carboxylic acids is 1. The smallest absolute Gasteiger partial charge is 0.362 e. The van der Waals surface area contributed by atoms with E-state index < -0.39 is 109 Å². The molecule has 0 aromatic carbocycles. The number of aliphatic hydroxyl groups is 1. The number of allylic oxidation sites excluding steroid dienone is 1. The summed E-state index contributed by atoms with van der Waals surface area (Å²) in [5.74, 6) is -6.05. The zero-order valence-corrected chi connectivity index (χ0v) is 29.4. The van der Waals surface area contributed by atoms with Gasteiger partial charge in [-0.25, -0.2) is 32.5 Å². The first-order valence-corrected chi connectivity index (χ1v) is 18.7. The van der Waals surface area contributed by atoms with Crippen LogP contribution in [0.25, 0.3) is 0 Å². The van der Waals surface area contributed by atoms with Crippen molar-refractivity contribution in [1.29, 1.82) is 0 Å². The number of carbonyl (C=O) groups is 5. The van der Waals surface area contributed by atoms with Crippen molar-refractivity contribution in [3.8, 4) is 0 Å². The van der Waals surface area contributed by atoms with Crippen molar-refractivity contribution in [2.45, 2.75) is 57.8 Å². The van der Waals surface area contributed by atoms with Gasteiger partial charge >= 0.3 is 27.9 Å². The molecule has 2 aliphatic heterocycles. The fourth-order valence-corrected chi connectivity index (χ4v) is 6.47. The minimum Gasteiger partial charge on any atom is -0.503 e. The van der Waals surface area contributed by atoms with Gasteiger partial charge < -0.3 is 26.1 Å². The summed E-state index contributed by atoms with van der Waals surface area (Å²) in [6, 6.07) is -4.18. The van der Waals surface area contributed by atoms with E-state index in [1.54, 1.807) is 0 Å². The SMILES string of the molecule is C[C@H]1[C@H](NC(=O)C(=NOC(C)(C)C(=O)O)c2csc(N)n2)C(=O)N1C(=O)NS(=O)(=O)n1nc(C2=NC=C(O)C(=O)C2)n(CCCS(C)(=O)=O)c1=O. The molecule has 26 heteroatoms. The maximum Gasteiger partial charge on any atom is 0.362 e. The Morgan fingerprint density at radius 3 is 2.41 bits per heavy atom. The van der Waals surface area contributed by atoms with Crippen molar-refractivity contribution < 1.29 is 55.9 Å².